The van der Waals surface area contributed by atoms with Crippen LogP contribution in [0.3, 0.4) is 0 Å². The number of aliphatic hydroxyl groups is 2. The van der Waals surface area contributed by atoms with E-state index < -0.39 is 22.6 Å². The highest BCUT2D eigenvalue weighted by Gasteiger charge is 2.43. The van der Waals surface area contributed by atoms with Crippen LogP contribution in [0.4, 0.5) is 0 Å². The second-order valence-electron chi connectivity index (χ2n) is 14.4. The van der Waals surface area contributed by atoms with Gasteiger partial charge >= 0.3 is 10.4 Å². The molecule has 53 heavy (non-hydrogen) atoms. The Hall–Kier alpha value is -3.95. The Morgan fingerprint density at radius 3 is 1.45 bits per heavy atom. The molecule has 13 heteroatoms. The fourth-order valence-corrected chi connectivity index (χ4v) is 8.89. The molecule has 4 bridgehead atoms. The van der Waals surface area contributed by atoms with Crippen LogP contribution in [-0.2, 0) is 10.4 Å². The Labute approximate surface area is 311 Å². The SMILES string of the molecule is C=C[C@@H]1CN2CC[C@@H]1C[C@H]2[C@H](O)c1ccnc2ccc(OC)cc12.C=C[C@@H]1CN2CC[C@@H]1C[C@H]2[C@H](O)c1ccnc2ccc(OC)cc12.O=S(=O)(O)O. The van der Waals surface area contributed by atoms with Gasteiger partial charge in [0.15, 0.2) is 0 Å². The van der Waals surface area contributed by atoms with Crippen molar-refractivity contribution in [2.24, 2.45) is 23.7 Å². The Balaban J connectivity index is 0.000000161. The van der Waals surface area contributed by atoms with Crippen LogP contribution < -0.4 is 9.47 Å². The molecule has 0 aliphatic carbocycles. The molecule has 10 atom stereocenters. The number of aromatic nitrogens is 2. The Morgan fingerprint density at radius 2 is 1.13 bits per heavy atom. The summed E-state index contributed by atoms with van der Waals surface area (Å²) in [7, 11) is -1.34. The Bertz CT molecular complexity index is 1890. The number of rotatable bonds is 8. The first-order valence-electron chi connectivity index (χ1n) is 18.1. The van der Waals surface area contributed by atoms with Gasteiger partial charge in [0.2, 0.25) is 0 Å². The van der Waals surface area contributed by atoms with Crippen molar-refractivity contribution in [3.05, 3.63) is 97.4 Å². The number of hydrogen-bond acceptors (Lipinski definition) is 10. The minimum atomic E-state index is -4.67. The third kappa shape index (κ3) is 8.73. The predicted molar refractivity (Wildman–Crippen MR) is 204 cm³/mol. The summed E-state index contributed by atoms with van der Waals surface area (Å²) >= 11 is 0. The number of ether oxygens (including phenoxy) is 2. The molecule has 2 aromatic heterocycles. The zero-order chi connectivity index (χ0) is 37.9. The average molecular weight is 747 g/mol. The molecule has 2 unspecified atom stereocenters. The monoisotopic (exact) mass is 746 g/mol. The molecule has 8 heterocycles. The number of fused-ring (bicyclic) bond motifs is 8. The Kier molecular flexibility index (Phi) is 12.1. The molecule has 12 nitrogen and oxygen atoms in total. The molecule has 6 aliphatic rings. The molecule has 4 aromatic rings. The zero-order valence-corrected chi connectivity index (χ0v) is 31.1. The molecule has 6 aliphatic heterocycles. The molecule has 0 spiro atoms. The lowest BCUT2D eigenvalue weighted by Crippen LogP contribution is -2.54. The van der Waals surface area contributed by atoms with Crippen LogP contribution in [0.5, 0.6) is 11.5 Å². The number of methoxy groups -OCH3 is 2. The lowest BCUT2D eigenvalue weighted by Gasteiger charge is -2.50. The van der Waals surface area contributed by atoms with E-state index in [0.717, 1.165) is 83.5 Å². The van der Waals surface area contributed by atoms with Crippen molar-refractivity contribution in [2.45, 2.75) is 50.0 Å². The summed E-state index contributed by atoms with van der Waals surface area (Å²) in [5.41, 5.74) is 3.69. The molecular weight excluding hydrogens is 697 g/mol. The smallest absolute Gasteiger partial charge is 0.394 e. The maximum Gasteiger partial charge on any atom is 0.394 e. The zero-order valence-electron chi connectivity index (χ0n) is 30.2. The molecule has 4 N–H and O–H groups in total. The van der Waals surface area contributed by atoms with Gasteiger partial charge in [-0.1, -0.05) is 12.2 Å². The topological polar surface area (TPSA) is 166 Å². The van der Waals surface area contributed by atoms with Crippen molar-refractivity contribution < 1.29 is 37.2 Å². The molecular formula is C40H50N4O8S. The van der Waals surface area contributed by atoms with Crippen molar-refractivity contribution >= 4 is 32.2 Å². The number of benzene rings is 2. The van der Waals surface area contributed by atoms with E-state index in [9.17, 15) is 10.2 Å². The van der Waals surface area contributed by atoms with Crippen molar-refractivity contribution in [1.82, 2.24) is 19.8 Å². The van der Waals surface area contributed by atoms with Gasteiger partial charge in [0, 0.05) is 48.3 Å². The third-order valence-electron chi connectivity index (χ3n) is 11.6. The van der Waals surface area contributed by atoms with Crippen LogP contribution in [0.15, 0.2) is 86.2 Å². The molecule has 6 saturated heterocycles. The number of piperidine rings is 6. The van der Waals surface area contributed by atoms with Crippen LogP contribution >= 0.6 is 0 Å². The standard InChI is InChI=1S/2C20H24N2O2.H2O4S/c2*1-3-13-12-22-9-7-14(13)10-19(22)20(23)16-6-8-21-18-5-4-15(24-2)11-17(16)18;1-5(2,3)4/h2*3-6,8,11,13-14,19-20,23H,1,7,9-10,12H2,2H3;(H2,1,2,3,4)/t2*13-,14-,19+,20-;/m11./s1. The molecule has 0 amide bonds. The fraction of sp³-hybridized carbons (Fsp3) is 0.450. The van der Waals surface area contributed by atoms with E-state index in [-0.39, 0.29) is 12.1 Å². The average Bonchev–Trinajstić information content (AvgIpc) is 3.19. The van der Waals surface area contributed by atoms with Crippen molar-refractivity contribution in [2.75, 3.05) is 40.4 Å². The van der Waals surface area contributed by atoms with Gasteiger partial charge in [-0.05, 0) is 122 Å². The van der Waals surface area contributed by atoms with Gasteiger partial charge in [0.25, 0.3) is 0 Å². The highest BCUT2D eigenvalue weighted by atomic mass is 32.3. The summed E-state index contributed by atoms with van der Waals surface area (Å²) in [4.78, 5) is 13.7. The van der Waals surface area contributed by atoms with Gasteiger partial charge in [-0.3, -0.25) is 28.9 Å². The first-order valence-corrected chi connectivity index (χ1v) is 19.5. The Morgan fingerprint density at radius 1 is 0.736 bits per heavy atom. The molecule has 10 rings (SSSR count). The van der Waals surface area contributed by atoms with E-state index in [1.54, 1.807) is 26.6 Å². The molecule has 0 saturated carbocycles. The first-order chi connectivity index (χ1) is 25.4. The normalized spacial score (nSPS) is 28.5. The van der Waals surface area contributed by atoms with E-state index in [4.69, 9.17) is 27.0 Å². The fourth-order valence-electron chi connectivity index (χ4n) is 8.89. The summed E-state index contributed by atoms with van der Waals surface area (Å²) in [6, 6.07) is 15.9. The summed E-state index contributed by atoms with van der Waals surface area (Å²) < 4.78 is 42.3. The van der Waals surface area contributed by atoms with Gasteiger partial charge < -0.3 is 19.7 Å². The number of pyridine rings is 2. The minimum absolute atomic E-state index is 0.178. The number of hydrogen-bond donors (Lipinski definition) is 4. The number of nitrogens with zero attached hydrogens (tertiary/aromatic N) is 4. The lowest BCUT2D eigenvalue weighted by atomic mass is 9.73. The maximum absolute atomic E-state index is 11.2. The lowest BCUT2D eigenvalue weighted by molar-refractivity contribution is -0.0445. The summed E-state index contributed by atoms with van der Waals surface area (Å²) in [6.07, 6.45) is 11.2. The summed E-state index contributed by atoms with van der Waals surface area (Å²) in [5, 5.41) is 24.3. The van der Waals surface area contributed by atoms with Gasteiger partial charge in [-0.25, -0.2) is 0 Å². The van der Waals surface area contributed by atoms with E-state index in [0.29, 0.717) is 23.7 Å². The third-order valence-corrected chi connectivity index (χ3v) is 11.6. The van der Waals surface area contributed by atoms with Crippen molar-refractivity contribution in [3.63, 3.8) is 0 Å². The van der Waals surface area contributed by atoms with E-state index in [1.165, 1.54) is 12.8 Å². The molecule has 2 aromatic carbocycles. The van der Waals surface area contributed by atoms with E-state index in [2.05, 4.69) is 45.1 Å². The van der Waals surface area contributed by atoms with Crippen LogP contribution in [0.1, 0.15) is 49.0 Å². The van der Waals surface area contributed by atoms with Crippen LogP contribution in [0.25, 0.3) is 21.8 Å². The quantitative estimate of drug-likeness (QED) is 0.129. The maximum atomic E-state index is 11.2. The molecule has 284 valence electrons. The van der Waals surface area contributed by atoms with Crippen LogP contribution in [0, 0.1) is 23.7 Å². The van der Waals surface area contributed by atoms with Gasteiger partial charge in [0.05, 0.1) is 37.5 Å². The van der Waals surface area contributed by atoms with Crippen LogP contribution in [0.2, 0.25) is 0 Å². The van der Waals surface area contributed by atoms with Crippen LogP contribution in [-0.4, -0.2) is 100.0 Å². The second-order valence-corrected chi connectivity index (χ2v) is 15.3. The first kappa shape index (κ1) is 38.8. The number of aliphatic hydroxyl groups excluding tert-OH is 2. The van der Waals surface area contributed by atoms with E-state index in [1.807, 2.05) is 48.5 Å². The highest BCUT2D eigenvalue weighted by Crippen LogP contribution is 2.43. The largest absolute Gasteiger partial charge is 0.497 e. The van der Waals surface area contributed by atoms with Crippen molar-refractivity contribution in [3.8, 4) is 11.5 Å². The molecule has 6 fully saturated rings. The summed E-state index contributed by atoms with van der Waals surface area (Å²) in [5.74, 6) is 4.01. The van der Waals surface area contributed by atoms with Gasteiger partial charge in [-0.15, -0.1) is 13.2 Å². The van der Waals surface area contributed by atoms with E-state index >= 15 is 0 Å². The van der Waals surface area contributed by atoms with Gasteiger partial charge in [0.1, 0.15) is 11.5 Å². The second kappa shape index (κ2) is 16.6. The predicted octanol–water partition coefficient (Wildman–Crippen LogP) is 5.69. The van der Waals surface area contributed by atoms with Gasteiger partial charge in [-0.2, -0.15) is 8.42 Å². The highest BCUT2D eigenvalue weighted by molar-refractivity contribution is 7.79. The minimum Gasteiger partial charge on any atom is -0.497 e. The summed E-state index contributed by atoms with van der Waals surface area (Å²) in [6.45, 7) is 12.1. The molecule has 0 radical (unpaired) electrons. The van der Waals surface area contributed by atoms with Crippen molar-refractivity contribution in [1.29, 1.82) is 0 Å².